The predicted octanol–water partition coefficient (Wildman–Crippen LogP) is 0.276. The molecule has 262 valence electrons. The minimum absolute atomic E-state index is 0. The van der Waals surface area contributed by atoms with E-state index in [1.165, 1.54) is 27.2 Å². The van der Waals surface area contributed by atoms with Crippen molar-refractivity contribution in [1.29, 1.82) is 0 Å². The lowest BCUT2D eigenvalue weighted by atomic mass is 9.53. The van der Waals surface area contributed by atoms with Crippen LogP contribution in [0.3, 0.4) is 0 Å². The third kappa shape index (κ3) is 8.36. The number of nitrogens with zero attached hydrogens (tertiary/aromatic N) is 1. The molecule has 2 heterocycles. The van der Waals surface area contributed by atoms with Gasteiger partial charge in [0.15, 0.2) is 11.5 Å². The van der Waals surface area contributed by atoms with Crippen molar-refractivity contribution < 1.29 is 55.9 Å². The molecule has 2 aliphatic carbocycles. The average molecular weight is 768 g/mol. The van der Waals surface area contributed by atoms with E-state index in [1.807, 2.05) is 18.2 Å². The number of phosphoric acid groups is 1. The number of methoxy groups -OCH3 is 1. The Balaban J connectivity index is 0.000000188. The van der Waals surface area contributed by atoms with Gasteiger partial charge in [-0.15, -0.1) is 0 Å². The van der Waals surface area contributed by atoms with E-state index in [4.69, 9.17) is 33.5 Å². The maximum atomic E-state index is 10.6. The fraction of sp³-hybridized carbons (Fsp3) is 0.429. The number of likely N-dealkylation sites (tertiary alicyclic amines) is 1. The summed E-state index contributed by atoms with van der Waals surface area (Å²) in [6.07, 6.45) is 5.54. The number of piperidine rings is 1. The van der Waals surface area contributed by atoms with Crippen molar-refractivity contribution in [2.24, 2.45) is 5.92 Å². The largest absolute Gasteiger partial charge is 1.00 e. The van der Waals surface area contributed by atoms with Crippen LogP contribution in [0.2, 0.25) is 0 Å². The van der Waals surface area contributed by atoms with E-state index in [-0.39, 0.29) is 30.0 Å². The highest BCUT2D eigenvalue weighted by Crippen LogP contribution is 2.62. The molecule has 0 radical (unpaired) electrons. The predicted molar refractivity (Wildman–Crippen MR) is 183 cm³/mol. The fourth-order valence-electron chi connectivity index (χ4n) is 7.42. The molecule has 1 fully saturated rings. The summed E-state index contributed by atoms with van der Waals surface area (Å²) in [6, 6.07) is 23.4. The van der Waals surface area contributed by atoms with Gasteiger partial charge in [0.2, 0.25) is 0 Å². The topological polar surface area (TPSA) is 133 Å². The van der Waals surface area contributed by atoms with E-state index < -0.39 is 13.9 Å². The van der Waals surface area contributed by atoms with E-state index in [9.17, 15) is 5.11 Å². The number of rotatable bonds is 7. The second-order valence-corrected chi connectivity index (χ2v) is 14.7. The zero-order valence-electron chi connectivity index (χ0n) is 27.5. The first-order chi connectivity index (χ1) is 22.3. The molecule has 1 unspecified atom stereocenters. The number of hydrogen-bond donors (Lipinski definition) is 5. The number of aliphatic hydroxyl groups excluding tert-OH is 1. The molecule has 5 N–H and O–H groups in total. The number of likely N-dealkylation sites (N-methyl/N-ethyl adjacent to an activating group) is 2. The molecule has 48 heavy (non-hydrogen) atoms. The van der Waals surface area contributed by atoms with Gasteiger partial charge in [-0.2, -0.15) is 0 Å². The molecule has 6 atom stereocenters. The first kappa shape index (κ1) is 38.5. The van der Waals surface area contributed by atoms with Gasteiger partial charge in [-0.3, -0.25) is 0 Å². The molecule has 0 amide bonds. The first-order valence-corrected chi connectivity index (χ1v) is 18.1. The van der Waals surface area contributed by atoms with Crippen LogP contribution in [0.1, 0.15) is 34.8 Å². The number of aliphatic hydroxyl groups is 1. The standard InChI is InChI=1S/C18H21NO3.C17H20BrNO.ClH.H3O4P/c1-19-8-7-18-11-4-5-13(20)17(18)22-16-14(21-2)6-3-10(15(16)18)9-12(11)19;1-19(2)12-13-20-17(14-6-4-3-5-7-14)15-8-10-16(18)11-9-15;;1-5(2,3)4/h3-6,11-13,17,20H,7-9H2,1-2H3;3-11,17H,12-13H2,1-2H3;1H;(H3,1,2,3,4)/t11-,12+,13-,17-,18-;;;/m0.../s1. The van der Waals surface area contributed by atoms with E-state index in [1.54, 1.807) is 7.11 Å². The lowest BCUT2D eigenvalue weighted by Crippen LogP contribution is -3.06. The minimum atomic E-state index is -4.64. The van der Waals surface area contributed by atoms with Crippen molar-refractivity contribution in [2.45, 2.75) is 42.6 Å². The molecule has 10 nitrogen and oxygen atoms in total. The van der Waals surface area contributed by atoms with Gasteiger partial charge in [0.25, 0.3) is 0 Å². The second-order valence-electron chi connectivity index (χ2n) is 12.8. The molecule has 4 aliphatic rings. The van der Waals surface area contributed by atoms with Gasteiger partial charge in [0, 0.05) is 27.4 Å². The number of halogens is 2. The number of hydrogen-bond acceptors (Lipinski definition) is 6. The maximum Gasteiger partial charge on any atom is 0.466 e. The van der Waals surface area contributed by atoms with E-state index in [0.29, 0.717) is 12.0 Å². The lowest BCUT2D eigenvalue weighted by molar-refractivity contribution is -0.858. The van der Waals surface area contributed by atoms with Gasteiger partial charge in [0.1, 0.15) is 24.9 Å². The van der Waals surface area contributed by atoms with Crippen molar-refractivity contribution in [2.75, 3.05) is 47.9 Å². The summed E-state index contributed by atoms with van der Waals surface area (Å²) in [5.41, 5.74) is 4.99. The zero-order chi connectivity index (χ0) is 33.9. The first-order valence-electron chi connectivity index (χ1n) is 15.8. The summed E-state index contributed by atoms with van der Waals surface area (Å²) in [4.78, 5) is 25.4. The van der Waals surface area contributed by atoms with Crippen molar-refractivity contribution in [3.05, 3.63) is 106 Å². The third-order valence-corrected chi connectivity index (χ3v) is 10.0. The van der Waals surface area contributed by atoms with Gasteiger partial charge >= 0.3 is 7.82 Å². The van der Waals surface area contributed by atoms with Crippen LogP contribution in [0.25, 0.3) is 0 Å². The van der Waals surface area contributed by atoms with E-state index in [0.717, 1.165) is 48.5 Å². The number of benzene rings is 3. The Bertz CT molecular complexity index is 1580. The number of quaternary nitrogens is 1. The molecule has 7 rings (SSSR count). The Hall–Kier alpha value is -2.28. The number of nitrogens with one attached hydrogen (secondary N) is 1. The molecule has 0 aromatic heterocycles. The van der Waals surface area contributed by atoms with Crippen LogP contribution in [-0.2, 0) is 21.1 Å². The normalized spacial score (nSPS) is 25.3. The Labute approximate surface area is 297 Å². The summed E-state index contributed by atoms with van der Waals surface area (Å²) in [6.45, 7) is 2.80. The van der Waals surface area contributed by atoms with Crippen molar-refractivity contribution >= 4 is 23.8 Å². The Morgan fingerprint density at radius 1 is 1.04 bits per heavy atom. The van der Waals surface area contributed by atoms with Crippen molar-refractivity contribution in [3.63, 3.8) is 0 Å². The quantitative estimate of drug-likeness (QED) is 0.170. The van der Waals surface area contributed by atoms with Crippen LogP contribution in [0, 0.1) is 5.92 Å². The van der Waals surface area contributed by atoms with Crippen LogP contribution < -0.4 is 26.8 Å². The molecular formula is C35H45BrClN2O8P. The third-order valence-electron chi connectivity index (χ3n) is 9.52. The van der Waals surface area contributed by atoms with Crippen LogP contribution in [-0.4, -0.2) is 90.9 Å². The average Bonchev–Trinajstić information content (AvgIpc) is 3.38. The summed E-state index contributed by atoms with van der Waals surface area (Å²) in [5, 5.41) is 10.6. The molecular weight excluding hydrogens is 723 g/mol. The fourth-order valence-corrected chi connectivity index (χ4v) is 7.68. The van der Waals surface area contributed by atoms with Crippen LogP contribution >= 0.6 is 23.8 Å². The highest BCUT2D eigenvalue weighted by Gasteiger charge is 2.64. The minimum Gasteiger partial charge on any atom is -1.00 e. The SMILES string of the molecule is COc1ccc2c3c1O[C@H]1[C@@H](O)C=C[C@H]4[C@@H](C2)N(C)CC[C@@]341.C[NH+](C)CCOC(c1ccccc1)c1ccc(Br)cc1.O=P(O)(O)O.[Cl-]. The molecule has 1 saturated heterocycles. The molecule has 3 aromatic carbocycles. The second kappa shape index (κ2) is 16.2. The number of ether oxygens (including phenoxy) is 3. The van der Waals surface area contributed by atoms with Crippen molar-refractivity contribution in [1.82, 2.24) is 4.90 Å². The van der Waals surface area contributed by atoms with Gasteiger partial charge in [-0.25, -0.2) is 4.57 Å². The Kier molecular flexibility index (Phi) is 13.0. The van der Waals surface area contributed by atoms with Gasteiger partial charge in [-0.1, -0.05) is 76.6 Å². The molecule has 2 aliphatic heterocycles. The molecule has 0 saturated carbocycles. The molecule has 3 aromatic rings. The zero-order valence-corrected chi connectivity index (χ0v) is 30.7. The van der Waals surface area contributed by atoms with Crippen LogP contribution in [0.5, 0.6) is 11.5 Å². The Morgan fingerprint density at radius 3 is 2.31 bits per heavy atom. The highest BCUT2D eigenvalue weighted by molar-refractivity contribution is 9.10. The van der Waals surface area contributed by atoms with Gasteiger partial charge in [0.05, 0.1) is 27.8 Å². The summed E-state index contributed by atoms with van der Waals surface area (Å²) >= 11 is 3.48. The molecule has 1 spiro atoms. The maximum absolute atomic E-state index is 10.6. The summed E-state index contributed by atoms with van der Waals surface area (Å²) in [7, 11) is 3.55. The van der Waals surface area contributed by atoms with Gasteiger partial charge in [-0.05, 0) is 61.3 Å². The smallest absolute Gasteiger partial charge is 0.466 e. The van der Waals surface area contributed by atoms with E-state index in [2.05, 4.69) is 103 Å². The molecule has 13 heteroatoms. The highest BCUT2D eigenvalue weighted by atomic mass is 79.9. The lowest BCUT2D eigenvalue weighted by Gasteiger charge is -2.56. The summed E-state index contributed by atoms with van der Waals surface area (Å²) in [5.74, 6) is 2.09. The van der Waals surface area contributed by atoms with E-state index >= 15 is 0 Å². The monoisotopic (exact) mass is 766 g/mol. The van der Waals surface area contributed by atoms with Crippen LogP contribution in [0.15, 0.2) is 83.4 Å². The van der Waals surface area contributed by atoms with Gasteiger partial charge < -0.3 is 56.2 Å². The summed E-state index contributed by atoms with van der Waals surface area (Å²) < 4.78 is 27.9. The van der Waals surface area contributed by atoms with Crippen molar-refractivity contribution in [3.8, 4) is 11.5 Å². The molecule has 2 bridgehead atoms. The Morgan fingerprint density at radius 2 is 1.69 bits per heavy atom. The van der Waals surface area contributed by atoms with Crippen LogP contribution in [0.4, 0.5) is 0 Å².